The molecule has 2 aromatic rings. The minimum Gasteiger partial charge on any atom is -0.367 e. The molecule has 0 spiro atoms. The summed E-state index contributed by atoms with van der Waals surface area (Å²) in [5.41, 5.74) is 2.44. The van der Waals surface area contributed by atoms with Gasteiger partial charge < -0.3 is 15.1 Å². The summed E-state index contributed by atoms with van der Waals surface area (Å²) in [5, 5.41) is 11.7. The van der Waals surface area contributed by atoms with E-state index in [0.717, 1.165) is 23.2 Å². The summed E-state index contributed by atoms with van der Waals surface area (Å²) < 4.78 is 1.07. The molecule has 5 nitrogen and oxygen atoms in total. The van der Waals surface area contributed by atoms with Crippen molar-refractivity contribution in [2.24, 2.45) is 0 Å². The van der Waals surface area contributed by atoms with Crippen LogP contribution in [0.5, 0.6) is 0 Å². The Morgan fingerprint density at radius 3 is 2.33 bits per heavy atom. The highest BCUT2D eigenvalue weighted by Crippen LogP contribution is 2.26. The minimum absolute atomic E-state index is 0.105. The molecule has 0 radical (unpaired) electrons. The van der Waals surface area contributed by atoms with Crippen LogP contribution in [0.4, 0.5) is 16.2 Å². The van der Waals surface area contributed by atoms with Gasteiger partial charge in [0.25, 0.3) is 0 Å². The lowest BCUT2D eigenvalue weighted by molar-refractivity contribution is 0.208. The number of halogens is 1. The highest BCUT2D eigenvalue weighted by atomic mass is 79.9. The second-order valence-corrected chi connectivity index (χ2v) is 6.40. The van der Waals surface area contributed by atoms with Gasteiger partial charge in [0.05, 0.1) is 17.3 Å². The Kier molecular flexibility index (Phi) is 5.02. The third-order valence-electron chi connectivity index (χ3n) is 4.03. The van der Waals surface area contributed by atoms with Gasteiger partial charge >= 0.3 is 6.03 Å². The number of piperazine rings is 1. The molecule has 0 saturated carbocycles. The predicted octanol–water partition coefficient (Wildman–Crippen LogP) is 3.67. The summed E-state index contributed by atoms with van der Waals surface area (Å²) in [6.07, 6.45) is 0. The van der Waals surface area contributed by atoms with E-state index in [4.69, 9.17) is 5.26 Å². The first-order valence-corrected chi connectivity index (χ1v) is 8.52. The SMILES string of the molecule is N#Cc1ccc(NC(=O)N2CCN(c3ccccc3Br)CC2)cc1. The highest BCUT2D eigenvalue weighted by Gasteiger charge is 2.22. The number of rotatable bonds is 2. The average molecular weight is 385 g/mol. The molecule has 0 unspecified atom stereocenters. The van der Waals surface area contributed by atoms with Crippen molar-refractivity contribution < 1.29 is 4.79 Å². The number of urea groups is 1. The fraction of sp³-hybridized carbons (Fsp3) is 0.222. The zero-order valence-electron chi connectivity index (χ0n) is 13.1. The summed E-state index contributed by atoms with van der Waals surface area (Å²) >= 11 is 3.57. The maximum Gasteiger partial charge on any atom is 0.321 e. The summed E-state index contributed by atoms with van der Waals surface area (Å²) in [5.74, 6) is 0. The number of benzene rings is 2. The van der Waals surface area contributed by atoms with Crippen molar-refractivity contribution in [1.29, 1.82) is 5.26 Å². The Bertz CT molecular complexity index is 761. The van der Waals surface area contributed by atoms with E-state index >= 15 is 0 Å². The molecule has 2 aromatic carbocycles. The second kappa shape index (κ2) is 7.37. The number of carbonyl (C=O) groups excluding carboxylic acids is 1. The third-order valence-corrected chi connectivity index (χ3v) is 4.70. The lowest BCUT2D eigenvalue weighted by Crippen LogP contribution is -2.50. The van der Waals surface area contributed by atoms with Crippen LogP contribution in [0.25, 0.3) is 0 Å². The van der Waals surface area contributed by atoms with Gasteiger partial charge in [-0.25, -0.2) is 4.79 Å². The van der Waals surface area contributed by atoms with E-state index in [1.54, 1.807) is 24.3 Å². The third kappa shape index (κ3) is 3.69. The Morgan fingerprint density at radius 2 is 1.71 bits per heavy atom. The smallest absolute Gasteiger partial charge is 0.321 e. The van der Waals surface area contributed by atoms with Gasteiger partial charge in [-0.05, 0) is 52.3 Å². The van der Waals surface area contributed by atoms with E-state index in [-0.39, 0.29) is 6.03 Å². The molecule has 0 atom stereocenters. The van der Waals surface area contributed by atoms with E-state index in [9.17, 15) is 4.79 Å². The van der Waals surface area contributed by atoms with Crippen LogP contribution in [0.2, 0.25) is 0 Å². The molecule has 0 aromatic heterocycles. The molecule has 6 heteroatoms. The van der Waals surface area contributed by atoms with E-state index in [1.807, 2.05) is 23.1 Å². The first kappa shape index (κ1) is 16.3. The normalized spacial score (nSPS) is 14.2. The summed E-state index contributed by atoms with van der Waals surface area (Å²) in [4.78, 5) is 16.4. The number of hydrogen-bond acceptors (Lipinski definition) is 3. The van der Waals surface area contributed by atoms with Crippen LogP contribution in [0.1, 0.15) is 5.56 Å². The minimum atomic E-state index is -0.105. The van der Waals surface area contributed by atoms with E-state index in [1.165, 1.54) is 0 Å². The van der Waals surface area contributed by atoms with E-state index in [0.29, 0.717) is 24.3 Å². The Hall–Kier alpha value is -2.52. The van der Waals surface area contributed by atoms with Crippen LogP contribution < -0.4 is 10.2 Å². The zero-order chi connectivity index (χ0) is 16.9. The van der Waals surface area contributed by atoms with Crippen molar-refractivity contribution in [2.75, 3.05) is 36.4 Å². The maximum atomic E-state index is 12.4. The van der Waals surface area contributed by atoms with E-state index in [2.05, 4.69) is 38.3 Å². The van der Waals surface area contributed by atoms with Crippen LogP contribution in [-0.4, -0.2) is 37.1 Å². The standard InChI is InChI=1S/C18H17BrN4O/c19-16-3-1-2-4-17(16)22-9-11-23(12-10-22)18(24)21-15-7-5-14(13-20)6-8-15/h1-8H,9-12H2,(H,21,24). The summed E-state index contributed by atoms with van der Waals surface area (Å²) in [7, 11) is 0. The van der Waals surface area contributed by atoms with Crippen molar-refractivity contribution >= 4 is 33.3 Å². The number of hydrogen-bond donors (Lipinski definition) is 1. The van der Waals surface area contributed by atoms with Gasteiger partial charge in [0, 0.05) is 36.3 Å². The van der Waals surface area contributed by atoms with Crippen LogP contribution >= 0.6 is 15.9 Å². The van der Waals surface area contributed by atoms with Crippen molar-refractivity contribution in [3.8, 4) is 6.07 Å². The molecule has 3 rings (SSSR count). The number of amides is 2. The predicted molar refractivity (Wildman–Crippen MR) is 98.1 cm³/mol. The quantitative estimate of drug-likeness (QED) is 0.858. The van der Waals surface area contributed by atoms with Gasteiger partial charge in [-0.15, -0.1) is 0 Å². The van der Waals surface area contributed by atoms with Crippen LogP contribution in [0.3, 0.4) is 0 Å². The van der Waals surface area contributed by atoms with Crippen molar-refractivity contribution in [2.45, 2.75) is 0 Å². The van der Waals surface area contributed by atoms with Gasteiger partial charge in [-0.3, -0.25) is 0 Å². The topological polar surface area (TPSA) is 59.4 Å². The van der Waals surface area contributed by atoms with Crippen LogP contribution in [0.15, 0.2) is 53.0 Å². The van der Waals surface area contributed by atoms with Crippen molar-refractivity contribution in [3.63, 3.8) is 0 Å². The molecule has 122 valence electrons. The number of nitriles is 1. The Morgan fingerprint density at radius 1 is 1.04 bits per heavy atom. The fourth-order valence-electron chi connectivity index (χ4n) is 2.69. The molecule has 1 aliphatic heterocycles. The molecule has 2 amide bonds. The van der Waals surface area contributed by atoms with E-state index < -0.39 is 0 Å². The van der Waals surface area contributed by atoms with Crippen LogP contribution in [-0.2, 0) is 0 Å². The number of nitrogens with zero attached hydrogens (tertiary/aromatic N) is 3. The number of anilines is 2. The number of carbonyl (C=O) groups is 1. The van der Waals surface area contributed by atoms with Crippen LogP contribution in [0, 0.1) is 11.3 Å². The molecular weight excluding hydrogens is 368 g/mol. The molecule has 0 bridgehead atoms. The van der Waals surface area contributed by atoms with Gasteiger partial charge in [0.2, 0.25) is 0 Å². The monoisotopic (exact) mass is 384 g/mol. The molecule has 24 heavy (non-hydrogen) atoms. The summed E-state index contributed by atoms with van der Waals surface area (Å²) in [6, 6.07) is 17.0. The van der Waals surface area contributed by atoms with Crippen molar-refractivity contribution in [3.05, 3.63) is 58.6 Å². The maximum absolute atomic E-state index is 12.4. The average Bonchev–Trinajstić information content (AvgIpc) is 2.63. The zero-order valence-corrected chi connectivity index (χ0v) is 14.7. The molecule has 1 aliphatic rings. The van der Waals surface area contributed by atoms with Gasteiger partial charge in [0.1, 0.15) is 0 Å². The van der Waals surface area contributed by atoms with Gasteiger partial charge in [0.15, 0.2) is 0 Å². The molecular formula is C18H17BrN4O. The Labute approximate surface area is 149 Å². The highest BCUT2D eigenvalue weighted by molar-refractivity contribution is 9.10. The number of nitrogens with one attached hydrogen (secondary N) is 1. The first-order valence-electron chi connectivity index (χ1n) is 7.73. The molecule has 0 aliphatic carbocycles. The lowest BCUT2D eigenvalue weighted by atomic mass is 10.2. The number of para-hydroxylation sites is 1. The molecule has 1 saturated heterocycles. The summed E-state index contributed by atoms with van der Waals surface area (Å²) in [6.45, 7) is 2.93. The van der Waals surface area contributed by atoms with Gasteiger partial charge in [-0.1, -0.05) is 12.1 Å². The van der Waals surface area contributed by atoms with Gasteiger partial charge in [-0.2, -0.15) is 5.26 Å². The molecule has 1 fully saturated rings. The molecule has 1 N–H and O–H groups in total. The largest absolute Gasteiger partial charge is 0.367 e. The fourth-order valence-corrected chi connectivity index (χ4v) is 3.22. The Balaban J connectivity index is 1.57. The lowest BCUT2D eigenvalue weighted by Gasteiger charge is -2.36. The molecule has 1 heterocycles. The first-order chi connectivity index (χ1) is 11.7. The van der Waals surface area contributed by atoms with Crippen molar-refractivity contribution in [1.82, 2.24) is 4.90 Å². The second-order valence-electron chi connectivity index (χ2n) is 5.54.